The molecule has 86 heavy (non-hydrogen) atoms. The molecule has 2 saturated heterocycles. The number of benzene rings is 1. The van der Waals surface area contributed by atoms with Crippen molar-refractivity contribution in [3.05, 3.63) is 35.9 Å². The van der Waals surface area contributed by atoms with E-state index in [2.05, 4.69) is 40.3 Å². The standard InChI is InChI=1S/C44H73N3O8.C13H23NO2S.C6H12OS.C4H10S.CH4/c1-14-29(7)41(46(11)44(53)33(27(3)4)25-36(49)40(28(5)6)45(10)38(50)15-2)37(54-12)26-39(51)47-23-19-22-34(47)43(55-13)31(9)35(48)24-30(8)42(52)32-20-17-16-18-21-32;1-3-5-7-8-14-12(15)10-11(13(14)16)17-9-6-4-2;1-3-4-5-8-6(2)7;1-2-3-4-5;/h16-18,20-21,27-31,33-34,37,40-43,52H,14-15,19,22-26H2,1-13H3;11H,3-10H2,1-2H3;3-5H2,1-2H3;5H,2-4H2,1H3;1H4/t29-,30-,31-,33-,34-,37+,40-,41?,42+,43+;;;;/m0..../s1. The molecular formula is C68H122N4O11S3. The molecule has 5 amide bonds. The zero-order chi connectivity index (χ0) is 64.9. The number of amides is 5. The fourth-order valence-electron chi connectivity index (χ4n) is 11.0. The number of Topliss-reactive ketones (excluding diaryl/α,β-unsaturated/α-hetero) is 2. The highest BCUT2D eigenvalue weighted by Crippen LogP contribution is 2.33. The Morgan fingerprint density at radius 3 is 1.83 bits per heavy atom. The number of methoxy groups -OCH3 is 2. The Morgan fingerprint density at radius 1 is 0.744 bits per heavy atom. The van der Waals surface area contributed by atoms with E-state index in [4.69, 9.17) is 9.47 Å². The number of likely N-dealkylation sites (tertiary alicyclic amines) is 2. The van der Waals surface area contributed by atoms with Gasteiger partial charge in [-0.15, -0.1) is 11.8 Å². The molecule has 1 aromatic rings. The van der Waals surface area contributed by atoms with E-state index < -0.39 is 42.2 Å². The van der Waals surface area contributed by atoms with E-state index in [1.807, 2.05) is 90.6 Å². The first-order valence-electron chi connectivity index (χ1n) is 32.1. The molecule has 0 aromatic heterocycles. The van der Waals surface area contributed by atoms with Crippen molar-refractivity contribution in [2.24, 2.45) is 35.5 Å². The van der Waals surface area contributed by atoms with E-state index in [0.29, 0.717) is 25.9 Å². The van der Waals surface area contributed by atoms with Gasteiger partial charge in [-0.05, 0) is 79.3 Å². The van der Waals surface area contributed by atoms with E-state index >= 15 is 0 Å². The zero-order valence-electron chi connectivity index (χ0n) is 56.0. The maximum Gasteiger partial charge on any atom is 0.242 e. The van der Waals surface area contributed by atoms with Gasteiger partial charge in [0.1, 0.15) is 5.78 Å². The number of ether oxygens (including phenoxy) is 2. The minimum Gasteiger partial charge on any atom is -0.388 e. The van der Waals surface area contributed by atoms with E-state index in [1.165, 1.54) is 40.8 Å². The van der Waals surface area contributed by atoms with Crippen molar-refractivity contribution in [1.29, 1.82) is 0 Å². The molecule has 1 N–H and O–H groups in total. The minimum absolute atomic E-state index is 0. The number of rotatable bonds is 36. The fourth-order valence-corrected chi connectivity index (χ4v) is 13.3. The first-order valence-corrected chi connectivity index (χ1v) is 34.8. The van der Waals surface area contributed by atoms with Crippen LogP contribution < -0.4 is 0 Å². The van der Waals surface area contributed by atoms with E-state index in [-0.39, 0.29) is 114 Å². The highest BCUT2D eigenvalue weighted by Gasteiger charge is 2.44. The molecular weight excluding hydrogens is 1140 g/mol. The number of imide groups is 1. The van der Waals surface area contributed by atoms with Crippen LogP contribution >= 0.6 is 36.2 Å². The molecule has 498 valence electrons. The maximum atomic E-state index is 14.4. The molecule has 3 rings (SSSR count). The number of nitrogens with zero attached hydrogens (tertiary/aromatic N) is 4. The Hall–Kier alpha value is -3.29. The summed E-state index contributed by atoms with van der Waals surface area (Å²) in [5.74, 6) is 0.780. The fraction of sp³-hybridized carbons (Fsp3) is 0.794. The molecule has 11 atom stereocenters. The lowest BCUT2D eigenvalue weighted by Crippen LogP contribution is -2.54. The molecule has 0 bridgehead atoms. The van der Waals surface area contributed by atoms with Crippen LogP contribution in [0.15, 0.2) is 30.3 Å². The number of carbonyl (C=O) groups excluding carboxylic acids is 8. The van der Waals surface area contributed by atoms with Crippen LogP contribution in [0.25, 0.3) is 0 Å². The van der Waals surface area contributed by atoms with E-state index in [9.17, 15) is 43.5 Å². The average Bonchev–Trinajstić information content (AvgIpc) is 2.19. The molecule has 2 unspecified atom stereocenters. The van der Waals surface area contributed by atoms with Crippen LogP contribution in [-0.4, -0.2) is 165 Å². The molecule has 2 heterocycles. The van der Waals surface area contributed by atoms with Gasteiger partial charge < -0.3 is 29.3 Å². The summed E-state index contributed by atoms with van der Waals surface area (Å²) in [6.07, 6.45) is 11.5. The van der Waals surface area contributed by atoms with Gasteiger partial charge in [-0.3, -0.25) is 43.3 Å². The largest absolute Gasteiger partial charge is 0.388 e. The Bertz CT molecular complexity index is 2080. The Morgan fingerprint density at radius 2 is 1.34 bits per heavy atom. The second-order valence-corrected chi connectivity index (χ2v) is 27.0. The second kappa shape index (κ2) is 47.6. The molecule has 2 aliphatic rings. The average molecular weight is 1270 g/mol. The number of carbonyl (C=O) groups is 8. The normalized spacial score (nSPS) is 17.9. The number of aliphatic hydroxyl groups excluding tert-OH is 1. The van der Waals surface area contributed by atoms with Crippen molar-refractivity contribution in [3.8, 4) is 0 Å². The molecule has 0 saturated carbocycles. The molecule has 0 radical (unpaired) electrons. The molecule has 0 aliphatic carbocycles. The lowest BCUT2D eigenvalue weighted by molar-refractivity contribution is -0.149. The number of hydrogen-bond acceptors (Lipinski definition) is 14. The van der Waals surface area contributed by atoms with Crippen LogP contribution in [0, 0.1) is 35.5 Å². The predicted molar refractivity (Wildman–Crippen MR) is 362 cm³/mol. The quantitative estimate of drug-likeness (QED) is 0.0367. The van der Waals surface area contributed by atoms with Gasteiger partial charge in [0, 0.05) is 91.6 Å². The number of aliphatic hydroxyl groups is 1. The van der Waals surface area contributed by atoms with Gasteiger partial charge in [0.25, 0.3) is 0 Å². The summed E-state index contributed by atoms with van der Waals surface area (Å²) in [4.78, 5) is 109. The van der Waals surface area contributed by atoms with Gasteiger partial charge in [-0.25, -0.2) is 0 Å². The maximum absolute atomic E-state index is 14.4. The lowest BCUT2D eigenvalue weighted by atomic mass is 9.83. The molecule has 2 aliphatic heterocycles. The minimum atomic E-state index is -0.774. The third-order valence-corrected chi connectivity index (χ3v) is 19.0. The summed E-state index contributed by atoms with van der Waals surface area (Å²) in [5.41, 5.74) is 0.767. The van der Waals surface area contributed by atoms with E-state index in [0.717, 1.165) is 74.2 Å². The summed E-state index contributed by atoms with van der Waals surface area (Å²) in [7, 11) is 6.54. The third kappa shape index (κ3) is 29.6. The van der Waals surface area contributed by atoms with Gasteiger partial charge in [-0.2, -0.15) is 12.6 Å². The van der Waals surface area contributed by atoms with Crippen LogP contribution in [-0.2, 0) is 47.8 Å². The first kappa shape index (κ1) is 84.8. The van der Waals surface area contributed by atoms with Gasteiger partial charge in [0.15, 0.2) is 10.9 Å². The first-order chi connectivity index (χ1) is 40.3. The zero-order valence-corrected chi connectivity index (χ0v) is 58.6. The SMILES string of the molecule is C.CCC(=O)N(C)[C@H](C(=O)C[C@H](C(=O)N(C)C([C@@H](C)CC)[C@@H](CC(=O)N1CCC[C@H]1[C@H](OC)[C@@H](C)C(=O)C[C@H](C)[C@@H](O)c1ccccc1)OC)C(C)C)C(C)C.CCCCCN1C(=O)CC(SCCCC)C1=O.CCCCS.CCCCSC(C)=O. The van der Waals surface area contributed by atoms with Crippen LogP contribution in [0.4, 0.5) is 0 Å². The van der Waals surface area contributed by atoms with Gasteiger partial charge in [-0.1, -0.05) is 178 Å². The van der Waals surface area contributed by atoms with Crippen LogP contribution in [0.2, 0.25) is 0 Å². The second-order valence-electron chi connectivity index (χ2n) is 23.9. The smallest absolute Gasteiger partial charge is 0.242 e. The van der Waals surface area contributed by atoms with Crippen LogP contribution in [0.5, 0.6) is 0 Å². The highest BCUT2D eigenvalue weighted by molar-refractivity contribution is 8.13. The molecule has 1 aromatic carbocycles. The topological polar surface area (TPSA) is 188 Å². The van der Waals surface area contributed by atoms with Gasteiger partial charge in [0.2, 0.25) is 29.5 Å². The van der Waals surface area contributed by atoms with Crippen molar-refractivity contribution in [3.63, 3.8) is 0 Å². The summed E-state index contributed by atoms with van der Waals surface area (Å²) >= 11 is 7.07. The van der Waals surface area contributed by atoms with Crippen molar-refractivity contribution in [2.45, 2.75) is 255 Å². The number of likely N-dealkylation sites (N-methyl/N-ethyl adjacent to an activating group) is 2. The predicted octanol–water partition coefficient (Wildman–Crippen LogP) is 13.6. The summed E-state index contributed by atoms with van der Waals surface area (Å²) in [5, 5.41) is 11.0. The van der Waals surface area contributed by atoms with E-state index in [1.54, 1.807) is 58.8 Å². The van der Waals surface area contributed by atoms with Crippen molar-refractivity contribution in [1.82, 2.24) is 19.6 Å². The molecule has 0 spiro atoms. The Kier molecular flexibility index (Phi) is 47.0. The number of thiol groups is 1. The van der Waals surface area contributed by atoms with Gasteiger partial charge >= 0.3 is 0 Å². The molecule has 18 heteroatoms. The third-order valence-electron chi connectivity index (χ3n) is 16.5. The van der Waals surface area contributed by atoms with Crippen molar-refractivity contribution < 1.29 is 52.9 Å². The van der Waals surface area contributed by atoms with Crippen molar-refractivity contribution in [2.75, 3.05) is 58.7 Å². The number of ketones is 2. The number of thioether (sulfide) groups is 2. The van der Waals surface area contributed by atoms with Crippen molar-refractivity contribution >= 4 is 82.4 Å². The lowest BCUT2D eigenvalue weighted by Gasteiger charge is -2.41. The summed E-state index contributed by atoms with van der Waals surface area (Å²) in [6, 6.07) is 7.93. The molecule has 2 fully saturated rings. The monoisotopic (exact) mass is 1270 g/mol. The van der Waals surface area contributed by atoms with Crippen LogP contribution in [0.1, 0.15) is 225 Å². The summed E-state index contributed by atoms with van der Waals surface area (Å²) < 4.78 is 12.0. The Labute approximate surface area is 537 Å². The highest BCUT2D eigenvalue weighted by atomic mass is 32.2. The molecule has 15 nitrogen and oxygen atoms in total. The number of hydrogen-bond donors (Lipinski definition) is 2. The summed E-state index contributed by atoms with van der Waals surface area (Å²) in [6.45, 7) is 28.6. The van der Waals surface area contributed by atoms with Crippen LogP contribution in [0.3, 0.4) is 0 Å². The Balaban J connectivity index is 0. The van der Waals surface area contributed by atoms with Gasteiger partial charge in [0.05, 0.1) is 48.1 Å². The number of unbranched alkanes of at least 4 members (excludes halogenated alkanes) is 5.